The summed E-state index contributed by atoms with van der Waals surface area (Å²) in [5, 5.41) is 7.32. The van der Waals surface area contributed by atoms with Crippen LogP contribution >= 0.6 is 11.3 Å². The first kappa shape index (κ1) is 15.1. The van der Waals surface area contributed by atoms with Crippen molar-refractivity contribution in [3.8, 4) is 0 Å². The molecular weight excluding hydrogens is 353 g/mol. The van der Waals surface area contributed by atoms with Gasteiger partial charge in [0, 0.05) is 7.05 Å². The van der Waals surface area contributed by atoms with Gasteiger partial charge in [0.05, 0.1) is 10.5 Å². The second kappa shape index (κ2) is 5.30. The van der Waals surface area contributed by atoms with E-state index in [1.54, 1.807) is 12.1 Å². The number of fused-ring (bicyclic) bond motifs is 3. The molecule has 1 aromatic carbocycles. The number of amidine groups is 1. The highest BCUT2D eigenvalue weighted by molar-refractivity contribution is 7.95. The fourth-order valence-corrected chi connectivity index (χ4v) is 4.70. The number of hydrazine groups is 2. The van der Waals surface area contributed by atoms with E-state index in [2.05, 4.69) is 21.3 Å². The number of nitrogens with zero attached hydrogens (tertiary/aromatic N) is 2. The first-order chi connectivity index (χ1) is 11.5. The first-order valence-electron chi connectivity index (χ1n) is 6.91. The van der Waals surface area contributed by atoms with Crippen molar-refractivity contribution in [2.75, 3.05) is 12.1 Å². The molecule has 0 saturated carbocycles. The number of anilines is 1. The SMILES string of the molecule is CN=C1NC2=C(S(=O)(=O)c3ccc(F)cc3)NNN2c2sccc21. The van der Waals surface area contributed by atoms with Crippen LogP contribution in [0.15, 0.2) is 56.4 Å². The predicted octanol–water partition coefficient (Wildman–Crippen LogP) is 1.30. The number of nitrogens with one attached hydrogen (secondary N) is 3. The number of benzene rings is 1. The minimum absolute atomic E-state index is 0.00341. The Morgan fingerprint density at radius 2 is 1.96 bits per heavy atom. The summed E-state index contributed by atoms with van der Waals surface area (Å²) in [5.41, 5.74) is 6.40. The van der Waals surface area contributed by atoms with Crippen LogP contribution in [0.5, 0.6) is 0 Å². The molecule has 1 aromatic heterocycles. The molecule has 3 heterocycles. The summed E-state index contributed by atoms with van der Waals surface area (Å²) in [6.45, 7) is 0. The normalized spacial score (nSPS) is 18.2. The highest BCUT2D eigenvalue weighted by Gasteiger charge is 2.38. The van der Waals surface area contributed by atoms with Crippen molar-refractivity contribution in [3.63, 3.8) is 0 Å². The van der Waals surface area contributed by atoms with Gasteiger partial charge in [0.25, 0.3) is 0 Å². The van der Waals surface area contributed by atoms with Crippen molar-refractivity contribution in [2.24, 2.45) is 4.99 Å². The van der Waals surface area contributed by atoms with Crippen LogP contribution in [0.4, 0.5) is 9.39 Å². The molecule has 0 amide bonds. The lowest BCUT2D eigenvalue weighted by Gasteiger charge is -2.27. The van der Waals surface area contributed by atoms with E-state index >= 15 is 0 Å². The van der Waals surface area contributed by atoms with Crippen LogP contribution in [0.3, 0.4) is 0 Å². The topological polar surface area (TPSA) is 85.8 Å². The van der Waals surface area contributed by atoms with Crippen molar-refractivity contribution in [1.29, 1.82) is 0 Å². The monoisotopic (exact) mass is 365 g/mol. The van der Waals surface area contributed by atoms with E-state index in [1.807, 2.05) is 11.4 Å². The number of hydrogen-bond donors (Lipinski definition) is 3. The molecule has 2 aromatic rings. The summed E-state index contributed by atoms with van der Waals surface area (Å²) in [6.07, 6.45) is 0. The molecule has 124 valence electrons. The zero-order valence-electron chi connectivity index (χ0n) is 12.4. The molecule has 0 saturated heterocycles. The van der Waals surface area contributed by atoms with Crippen molar-refractivity contribution in [3.05, 3.63) is 57.9 Å². The Morgan fingerprint density at radius 3 is 2.67 bits per heavy atom. The summed E-state index contributed by atoms with van der Waals surface area (Å²) in [6, 6.07) is 6.60. The third kappa shape index (κ3) is 2.11. The van der Waals surface area contributed by atoms with Gasteiger partial charge in [0.2, 0.25) is 9.84 Å². The van der Waals surface area contributed by atoms with Crippen LogP contribution in [0, 0.1) is 5.82 Å². The number of hydrogen-bond acceptors (Lipinski definition) is 7. The predicted molar refractivity (Wildman–Crippen MR) is 89.3 cm³/mol. The van der Waals surface area contributed by atoms with Crippen LogP contribution in [0.2, 0.25) is 0 Å². The van der Waals surface area contributed by atoms with Crippen molar-refractivity contribution < 1.29 is 12.8 Å². The van der Waals surface area contributed by atoms with Gasteiger partial charge >= 0.3 is 0 Å². The first-order valence-corrected chi connectivity index (χ1v) is 9.27. The van der Waals surface area contributed by atoms with Gasteiger partial charge < -0.3 is 5.32 Å². The number of rotatable bonds is 2. The molecule has 2 aliphatic rings. The Labute approximate surface area is 141 Å². The summed E-state index contributed by atoms with van der Waals surface area (Å²) in [5.74, 6) is 0.412. The number of sulfone groups is 1. The zero-order valence-corrected chi connectivity index (χ0v) is 14.0. The average Bonchev–Trinajstić information content (AvgIpc) is 3.20. The van der Waals surface area contributed by atoms with Gasteiger partial charge in [-0.05, 0) is 35.7 Å². The summed E-state index contributed by atoms with van der Waals surface area (Å²) in [7, 11) is -2.23. The Morgan fingerprint density at radius 1 is 1.21 bits per heavy atom. The summed E-state index contributed by atoms with van der Waals surface area (Å²) < 4.78 is 38.8. The van der Waals surface area contributed by atoms with Crippen LogP contribution in [-0.2, 0) is 9.84 Å². The standard InChI is InChI=1S/C14H12FN5O2S2/c1-16-11-10-6-7-23-14(10)20-12(17-11)13(18-19-20)24(21,22)9-4-2-8(15)3-5-9/h2-7,18-19H,1H3,(H,16,17). The van der Waals surface area contributed by atoms with E-state index in [0.717, 1.165) is 22.7 Å². The fourth-order valence-electron chi connectivity index (χ4n) is 2.52. The van der Waals surface area contributed by atoms with E-state index in [1.165, 1.54) is 23.5 Å². The Hall–Kier alpha value is -2.43. The van der Waals surface area contributed by atoms with Gasteiger partial charge in [-0.3, -0.25) is 10.4 Å². The summed E-state index contributed by atoms with van der Waals surface area (Å²) in [4.78, 5) is 4.17. The van der Waals surface area contributed by atoms with E-state index in [0.29, 0.717) is 11.7 Å². The third-order valence-electron chi connectivity index (χ3n) is 3.68. The van der Waals surface area contributed by atoms with E-state index in [4.69, 9.17) is 0 Å². The molecule has 0 bridgehead atoms. The van der Waals surface area contributed by atoms with Gasteiger partial charge in [0.15, 0.2) is 10.9 Å². The molecule has 4 rings (SSSR count). The lowest BCUT2D eigenvalue weighted by molar-refractivity contribution is 0.591. The molecule has 0 aliphatic carbocycles. The lowest BCUT2D eigenvalue weighted by Crippen LogP contribution is -2.45. The smallest absolute Gasteiger partial charge is 0.226 e. The van der Waals surface area contributed by atoms with Crippen molar-refractivity contribution in [2.45, 2.75) is 4.90 Å². The number of thiophene rings is 1. The van der Waals surface area contributed by atoms with Crippen molar-refractivity contribution >= 4 is 32.0 Å². The van der Waals surface area contributed by atoms with Crippen LogP contribution in [0.25, 0.3) is 0 Å². The maximum absolute atomic E-state index is 13.1. The minimum atomic E-state index is -3.86. The maximum Gasteiger partial charge on any atom is 0.226 e. The second-order valence-electron chi connectivity index (χ2n) is 5.04. The van der Waals surface area contributed by atoms with Gasteiger partial charge in [-0.2, -0.15) is 0 Å². The molecule has 7 nitrogen and oxygen atoms in total. The molecule has 0 fully saturated rings. The summed E-state index contributed by atoms with van der Waals surface area (Å²) >= 11 is 1.46. The number of halogens is 1. The van der Waals surface area contributed by atoms with Crippen LogP contribution in [0.1, 0.15) is 5.56 Å². The minimum Gasteiger partial charge on any atom is -0.323 e. The highest BCUT2D eigenvalue weighted by Crippen LogP contribution is 2.36. The van der Waals surface area contributed by atoms with Crippen molar-refractivity contribution in [1.82, 2.24) is 16.3 Å². The zero-order chi connectivity index (χ0) is 16.9. The van der Waals surface area contributed by atoms with E-state index < -0.39 is 15.7 Å². The average molecular weight is 365 g/mol. The Kier molecular flexibility index (Phi) is 3.34. The molecule has 3 N–H and O–H groups in total. The van der Waals surface area contributed by atoms with Gasteiger partial charge in [-0.15, -0.1) is 16.9 Å². The molecule has 0 radical (unpaired) electrons. The molecule has 10 heteroatoms. The maximum atomic E-state index is 13.1. The quantitative estimate of drug-likeness (QED) is 0.696. The van der Waals surface area contributed by atoms with Gasteiger partial charge in [-0.1, -0.05) is 0 Å². The molecule has 0 spiro atoms. The molecule has 0 atom stereocenters. The number of aliphatic imine (C=N–C) groups is 1. The highest BCUT2D eigenvalue weighted by atomic mass is 32.2. The van der Waals surface area contributed by atoms with Gasteiger partial charge in [0.1, 0.15) is 16.7 Å². The van der Waals surface area contributed by atoms with Crippen LogP contribution < -0.4 is 21.3 Å². The fraction of sp³-hybridized carbons (Fsp3) is 0.0714. The molecule has 2 aliphatic heterocycles. The van der Waals surface area contributed by atoms with E-state index in [9.17, 15) is 12.8 Å². The Balaban J connectivity index is 1.85. The molecule has 24 heavy (non-hydrogen) atoms. The molecular formula is C14H12FN5O2S2. The molecule has 0 unspecified atom stereocenters. The van der Waals surface area contributed by atoms with E-state index in [-0.39, 0.29) is 9.92 Å². The largest absolute Gasteiger partial charge is 0.323 e. The second-order valence-corrected chi connectivity index (χ2v) is 7.83. The third-order valence-corrected chi connectivity index (χ3v) is 6.30. The Bertz CT molecular complexity index is 979. The van der Waals surface area contributed by atoms with Crippen LogP contribution in [-0.4, -0.2) is 21.3 Å². The lowest BCUT2D eigenvalue weighted by atomic mass is 10.2. The van der Waals surface area contributed by atoms with Gasteiger partial charge in [-0.25, -0.2) is 17.8 Å².